The number of H-pyrrole nitrogens is 1. The number of methoxy groups -OCH3 is 1. The molecule has 1 fully saturated rings. The second-order valence-corrected chi connectivity index (χ2v) is 8.07. The molecule has 2 heterocycles. The minimum atomic E-state index is -0.780. The van der Waals surface area contributed by atoms with Crippen molar-refractivity contribution in [3.8, 4) is 0 Å². The lowest BCUT2D eigenvalue weighted by atomic mass is 9.94. The zero-order chi connectivity index (χ0) is 23.6. The van der Waals surface area contributed by atoms with E-state index < -0.39 is 23.7 Å². The maximum absolute atomic E-state index is 13.1. The van der Waals surface area contributed by atoms with E-state index in [1.54, 1.807) is 38.1 Å². The van der Waals surface area contributed by atoms with Crippen LogP contribution in [0.4, 0.5) is 0 Å². The number of ketones is 1. The van der Waals surface area contributed by atoms with Crippen LogP contribution >= 0.6 is 0 Å². The number of aryl methyl sites for hydroxylation is 2. The Balaban J connectivity index is 2.12. The van der Waals surface area contributed by atoms with Gasteiger partial charge in [-0.05, 0) is 58.6 Å². The molecule has 32 heavy (non-hydrogen) atoms. The van der Waals surface area contributed by atoms with Crippen molar-refractivity contribution in [2.45, 2.75) is 26.3 Å². The van der Waals surface area contributed by atoms with Crippen LogP contribution in [-0.4, -0.2) is 77.1 Å². The first-order valence-corrected chi connectivity index (χ1v) is 10.3. The molecule has 0 aliphatic carbocycles. The van der Waals surface area contributed by atoms with Gasteiger partial charge < -0.3 is 19.6 Å². The molecule has 1 aromatic carbocycles. The number of Topliss-reactive ketones (excluding diaryl/α,β-unsaturated/α-hetero) is 1. The topological polar surface area (TPSA) is 116 Å². The van der Waals surface area contributed by atoms with Gasteiger partial charge in [-0.25, -0.2) is 4.79 Å². The fourth-order valence-corrected chi connectivity index (χ4v) is 3.97. The van der Waals surface area contributed by atoms with Crippen LogP contribution in [0, 0.1) is 13.8 Å². The highest BCUT2D eigenvalue weighted by Crippen LogP contribution is 2.40. The lowest BCUT2D eigenvalue weighted by Crippen LogP contribution is -2.32. The van der Waals surface area contributed by atoms with Crippen molar-refractivity contribution in [1.82, 2.24) is 20.0 Å². The molecule has 9 heteroatoms. The summed E-state index contributed by atoms with van der Waals surface area (Å²) in [6.45, 7) is 4.53. The van der Waals surface area contributed by atoms with Crippen molar-refractivity contribution in [1.29, 1.82) is 0 Å². The summed E-state index contributed by atoms with van der Waals surface area (Å²) in [5.41, 5.74) is 2.51. The number of carbonyl (C=O) groups is 3. The van der Waals surface area contributed by atoms with Gasteiger partial charge in [0.15, 0.2) is 0 Å². The van der Waals surface area contributed by atoms with Gasteiger partial charge in [0.2, 0.25) is 0 Å². The van der Waals surface area contributed by atoms with Gasteiger partial charge in [0.1, 0.15) is 5.76 Å². The van der Waals surface area contributed by atoms with Crippen LogP contribution in [0.1, 0.15) is 45.3 Å². The number of aromatic amines is 1. The maximum Gasteiger partial charge on any atom is 0.337 e. The summed E-state index contributed by atoms with van der Waals surface area (Å²) in [6, 6.07) is 5.72. The van der Waals surface area contributed by atoms with Gasteiger partial charge >= 0.3 is 5.97 Å². The Morgan fingerprint density at radius 2 is 1.88 bits per heavy atom. The quantitative estimate of drug-likeness (QED) is 0.293. The molecule has 1 aliphatic rings. The van der Waals surface area contributed by atoms with Crippen LogP contribution < -0.4 is 0 Å². The number of hydrogen-bond donors (Lipinski definition) is 2. The van der Waals surface area contributed by atoms with Gasteiger partial charge in [-0.1, -0.05) is 12.1 Å². The highest BCUT2D eigenvalue weighted by Gasteiger charge is 2.46. The molecule has 1 atom stereocenters. The van der Waals surface area contributed by atoms with Crippen molar-refractivity contribution in [3.63, 3.8) is 0 Å². The molecule has 9 nitrogen and oxygen atoms in total. The second-order valence-electron chi connectivity index (χ2n) is 8.07. The number of carbonyl (C=O) groups excluding carboxylic acids is 3. The number of hydrogen-bond acceptors (Lipinski definition) is 7. The number of aliphatic hydroxyl groups is 1. The Morgan fingerprint density at radius 1 is 1.22 bits per heavy atom. The summed E-state index contributed by atoms with van der Waals surface area (Å²) >= 11 is 0. The van der Waals surface area contributed by atoms with E-state index in [0.717, 1.165) is 6.54 Å². The smallest absolute Gasteiger partial charge is 0.337 e. The van der Waals surface area contributed by atoms with Gasteiger partial charge in [0, 0.05) is 12.2 Å². The minimum Gasteiger partial charge on any atom is -0.507 e. The molecule has 1 aromatic heterocycles. The zero-order valence-corrected chi connectivity index (χ0v) is 18.9. The first kappa shape index (κ1) is 23.2. The fourth-order valence-electron chi connectivity index (χ4n) is 3.97. The van der Waals surface area contributed by atoms with Crippen molar-refractivity contribution in [2.24, 2.45) is 0 Å². The van der Waals surface area contributed by atoms with Gasteiger partial charge in [-0.15, -0.1) is 0 Å². The predicted octanol–water partition coefficient (Wildman–Crippen LogP) is 2.19. The number of benzene rings is 1. The largest absolute Gasteiger partial charge is 0.507 e. The average Bonchev–Trinajstić information content (AvgIpc) is 3.23. The Hall–Kier alpha value is -3.46. The van der Waals surface area contributed by atoms with Crippen LogP contribution in [0.2, 0.25) is 0 Å². The normalized spacial score (nSPS) is 17.9. The molecule has 170 valence electrons. The van der Waals surface area contributed by atoms with E-state index in [1.165, 1.54) is 12.0 Å². The van der Waals surface area contributed by atoms with Crippen LogP contribution in [-0.2, 0) is 14.3 Å². The standard InChI is InChI=1S/C23H28N4O5/c1-13-17(14(2)25-24-13)20(28)18-19(15-7-9-16(10-8-15)23(31)32-5)27(22(30)21(18)29)12-6-11-26(3)4/h7-10,19,28H,6,11-12H2,1-5H3,(H,24,25)/b20-18+/t19-/m1/s1. The van der Waals surface area contributed by atoms with E-state index in [9.17, 15) is 19.5 Å². The molecular formula is C23H28N4O5. The number of esters is 1. The minimum absolute atomic E-state index is 0.0123. The van der Waals surface area contributed by atoms with Crippen molar-refractivity contribution in [3.05, 3.63) is 57.9 Å². The molecule has 2 aromatic rings. The molecule has 0 saturated carbocycles. The lowest BCUT2D eigenvalue weighted by molar-refractivity contribution is -0.139. The Labute approximate surface area is 186 Å². The monoisotopic (exact) mass is 440 g/mol. The SMILES string of the molecule is COC(=O)c1ccc([C@@H]2/C(=C(\O)c3c(C)n[nH]c3C)C(=O)C(=O)N2CCCN(C)C)cc1. The summed E-state index contributed by atoms with van der Waals surface area (Å²) in [4.78, 5) is 41.3. The number of aliphatic hydroxyl groups excluding tert-OH is 1. The highest BCUT2D eigenvalue weighted by molar-refractivity contribution is 6.46. The third kappa shape index (κ3) is 4.29. The first-order valence-electron chi connectivity index (χ1n) is 10.3. The molecule has 0 spiro atoms. The summed E-state index contributed by atoms with van der Waals surface area (Å²) in [6.07, 6.45) is 0.653. The van der Waals surface area contributed by atoms with Gasteiger partial charge in [-0.2, -0.15) is 5.10 Å². The lowest BCUT2D eigenvalue weighted by Gasteiger charge is -2.26. The Morgan fingerprint density at radius 3 is 2.41 bits per heavy atom. The third-order valence-electron chi connectivity index (χ3n) is 5.56. The molecule has 1 amide bonds. The molecule has 1 saturated heterocycles. The van der Waals surface area contributed by atoms with Crippen LogP contribution in [0.3, 0.4) is 0 Å². The number of nitrogens with one attached hydrogen (secondary N) is 1. The van der Waals surface area contributed by atoms with E-state index in [2.05, 4.69) is 10.2 Å². The van der Waals surface area contributed by atoms with Crippen LogP contribution in [0.5, 0.6) is 0 Å². The van der Waals surface area contributed by atoms with Gasteiger partial charge in [-0.3, -0.25) is 14.7 Å². The fraction of sp³-hybridized carbons (Fsp3) is 0.391. The van der Waals surface area contributed by atoms with Gasteiger partial charge in [0.05, 0.1) is 35.5 Å². The highest BCUT2D eigenvalue weighted by atomic mass is 16.5. The van der Waals surface area contributed by atoms with Crippen LogP contribution in [0.25, 0.3) is 5.76 Å². The van der Waals surface area contributed by atoms with Crippen molar-refractivity contribution in [2.75, 3.05) is 34.3 Å². The summed E-state index contributed by atoms with van der Waals surface area (Å²) in [5, 5.41) is 18.0. The van der Waals surface area contributed by atoms with Crippen molar-refractivity contribution < 1.29 is 24.2 Å². The number of likely N-dealkylation sites (tertiary alicyclic amines) is 1. The molecule has 2 N–H and O–H groups in total. The molecule has 3 rings (SSSR count). The Bertz CT molecular complexity index is 1050. The molecule has 0 unspecified atom stereocenters. The Kier molecular flexibility index (Phi) is 6.78. The molecule has 0 radical (unpaired) electrons. The molecular weight excluding hydrogens is 412 g/mol. The molecule has 1 aliphatic heterocycles. The van der Waals surface area contributed by atoms with E-state index in [1.807, 2.05) is 19.0 Å². The average molecular weight is 441 g/mol. The summed E-state index contributed by atoms with van der Waals surface area (Å²) in [5.74, 6) is -2.15. The number of ether oxygens (including phenoxy) is 1. The first-order chi connectivity index (χ1) is 15.2. The van der Waals surface area contributed by atoms with Crippen LogP contribution in [0.15, 0.2) is 29.8 Å². The second kappa shape index (κ2) is 9.35. The third-order valence-corrected chi connectivity index (χ3v) is 5.56. The predicted molar refractivity (Wildman–Crippen MR) is 118 cm³/mol. The number of aromatic nitrogens is 2. The van der Waals surface area contributed by atoms with Crippen molar-refractivity contribution >= 4 is 23.4 Å². The van der Waals surface area contributed by atoms with E-state index >= 15 is 0 Å². The van der Waals surface area contributed by atoms with E-state index in [4.69, 9.17) is 4.74 Å². The molecule has 0 bridgehead atoms. The van der Waals surface area contributed by atoms with Gasteiger partial charge in [0.25, 0.3) is 11.7 Å². The number of nitrogens with zero attached hydrogens (tertiary/aromatic N) is 3. The van der Waals surface area contributed by atoms with E-state index in [-0.39, 0.29) is 11.3 Å². The van der Waals surface area contributed by atoms with E-state index in [0.29, 0.717) is 41.0 Å². The zero-order valence-electron chi connectivity index (χ0n) is 18.9. The number of amides is 1. The summed E-state index contributed by atoms with van der Waals surface area (Å²) < 4.78 is 4.75. The maximum atomic E-state index is 13.1. The summed E-state index contributed by atoms with van der Waals surface area (Å²) in [7, 11) is 5.16. The number of rotatable bonds is 7.